The number of benzene rings is 1. The molecule has 0 unspecified atom stereocenters. The third kappa shape index (κ3) is 5.34. The molecule has 8 nitrogen and oxygen atoms in total. The third-order valence-corrected chi connectivity index (χ3v) is 7.25. The Morgan fingerprint density at radius 1 is 1.11 bits per heavy atom. The lowest BCUT2D eigenvalue weighted by atomic mass is 9.85. The van der Waals surface area contributed by atoms with Crippen molar-refractivity contribution in [3.05, 3.63) is 63.5 Å². The Morgan fingerprint density at radius 2 is 1.70 bits per heavy atom. The number of aromatic amines is 1. The van der Waals surface area contributed by atoms with E-state index in [0.29, 0.717) is 29.9 Å². The second-order valence-corrected chi connectivity index (χ2v) is 10.5. The van der Waals surface area contributed by atoms with Crippen LogP contribution in [-0.4, -0.2) is 70.8 Å². The van der Waals surface area contributed by atoms with E-state index in [2.05, 4.69) is 44.5 Å². The number of rotatable bonds is 8. The lowest BCUT2D eigenvalue weighted by molar-refractivity contribution is -0.140. The van der Waals surface area contributed by atoms with Crippen molar-refractivity contribution >= 4 is 23.4 Å². The molecule has 1 aliphatic rings. The molecule has 0 saturated carbocycles. The van der Waals surface area contributed by atoms with Crippen LogP contribution in [0.5, 0.6) is 0 Å². The molecule has 2 N–H and O–H groups in total. The number of carbonyl (C=O) groups excluding carboxylic acids is 3. The number of hydrogen-bond donors (Lipinski definition) is 2. The Hall–Kier alpha value is -3.39. The number of nitrogens with one attached hydrogen (secondary N) is 1. The molecule has 2 heterocycles. The van der Waals surface area contributed by atoms with Crippen LogP contribution in [0.1, 0.15) is 79.1 Å². The van der Waals surface area contributed by atoms with Crippen LogP contribution in [0.15, 0.2) is 29.8 Å². The van der Waals surface area contributed by atoms with Crippen molar-refractivity contribution in [3.63, 3.8) is 0 Å². The number of hydrogen-bond acceptors (Lipinski definition) is 6. The molecule has 8 heteroatoms. The maximum absolute atomic E-state index is 13.4. The van der Waals surface area contributed by atoms with Gasteiger partial charge in [-0.25, -0.2) is 4.79 Å². The van der Waals surface area contributed by atoms with Crippen molar-refractivity contribution in [2.75, 3.05) is 33.3 Å². The fourth-order valence-corrected chi connectivity index (χ4v) is 4.96. The highest BCUT2D eigenvalue weighted by molar-refractivity contribution is 6.46. The number of likely N-dealkylation sites (tertiary alicyclic amines) is 1. The first kappa shape index (κ1) is 28.2. The summed E-state index contributed by atoms with van der Waals surface area (Å²) >= 11 is 0. The molecule has 0 radical (unpaired) electrons. The maximum atomic E-state index is 13.4. The van der Waals surface area contributed by atoms with E-state index in [9.17, 15) is 19.5 Å². The molecule has 1 fully saturated rings. The smallest absolute Gasteiger partial charge is 0.354 e. The van der Waals surface area contributed by atoms with E-state index in [1.165, 1.54) is 7.11 Å². The number of amides is 1. The van der Waals surface area contributed by atoms with Gasteiger partial charge in [-0.05, 0) is 49.0 Å². The molecule has 3 rings (SSSR count). The number of ether oxygens (including phenoxy) is 1. The average Bonchev–Trinajstić information content (AvgIpc) is 3.30. The summed E-state index contributed by atoms with van der Waals surface area (Å²) in [6.07, 6.45) is 0. The Labute approximate surface area is 219 Å². The summed E-state index contributed by atoms with van der Waals surface area (Å²) in [6.45, 7) is 16.4. The number of carbonyl (C=O) groups is 3. The van der Waals surface area contributed by atoms with Gasteiger partial charge in [0.1, 0.15) is 11.5 Å². The SMILES string of the molecule is CCN(CC)CCN1C(=O)C(=O)/C(=C(/O)c2c(C)[nH]c(C(=O)OC)c2C)[C@@H]1c1ccc(C(C)(C)C)cc1. The van der Waals surface area contributed by atoms with Crippen LogP contribution < -0.4 is 0 Å². The summed E-state index contributed by atoms with van der Waals surface area (Å²) in [5.74, 6) is -2.25. The monoisotopic (exact) mass is 509 g/mol. The van der Waals surface area contributed by atoms with Gasteiger partial charge in [-0.1, -0.05) is 58.9 Å². The van der Waals surface area contributed by atoms with E-state index in [-0.39, 0.29) is 22.4 Å². The predicted molar refractivity (Wildman–Crippen MR) is 144 cm³/mol. The van der Waals surface area contributed by atoms with E-state index in [4.69, 9.17) is 4.74 Å². The second kappa shape index (κ2) is 10.9. The molecule has 37 heavy (non-hydrogen) atoms. The summed E-state index contributed by atoms with van der Waals surface area (Å²) in [5.41, 5.74) is 3.32. The van der Waals surface area contributed by atoms with Gasteiger partial charge in [0, 0.05) is 24.3 Å². The highest BCUT2D eigenvalue weighted by Gasteiger charge is 2.46. The molecule has 0 spiro atoms. The summed E-state index contributed by atoms with van der Waals surface area (Å²) in [6, 6.07) is 7.10. The number of H-pyrrole nitrogens is 1. The lowest BCUT2D eigenvalue weighted by Crippen LogP contribution is -2.38. The summed E-state index contributed by atoms with van der Waals surface area (Å²) < 4.78 is 4.85. The Bertz CT molecular complexity index is 1210. The summed E-state index contributed by atoms with van der Waals surface area (Å²) in [5, 5.41) is 11.5. The zero-order valence-corrected chi connectivity index (χ0v) is 23.2. The number of methoxy groups -OCH3 is 1. The fraction of sp³-hybridized carbons (Fsp3) is 0.483. The minimum atomic E-state index is -0.750. The number of nitrogens with zero attached hydrogens (tertiary/aromatic N) is 2. The number of aromatic nitrogens is 1. The molecule has 1 saturated heterocycles. The zero-order valence-electron chi connectivity index (χ0n) is 23.2. The molecule has 1 aliphatic heterocycles. The normalized spacial score (nSPS) is 17.6. The third-order valence-electron chi connectivity index (χ3n) is 7.25. The molecule has 1 aromatic heterocycles. The molecular formula is C29H39N3O5. The van der Waals surface area contributed by atoms with Crippen LogP contribution in [0, 0.1) is 13.8 Å². The van der Waals surface area contributed by atoms with Gasteiger partial charge in [0.05, 0.1) is 18.7 Å². The molecule has 2 aromatic rings. The minimum absolute atomic E-state index is 0.0228. The van der Waals surface area contributed by atoms with Crippen LogP contribution in [0.4, 0.5) is 0 Å². The van der Waals surface area contributed by atoms with E-state index >= 15 is 0 Å². The van der Waals surface area contributed by atoms with Gasteiger partial charge in [-0.2, -0.15) is 0 Å². The van der Waals surface area contributed by atoms with Gasteiger partial charge in [-0.3, -0.25) is 9.59 Å². The van der Waals surface area contributed by atoms with Gasteiger partial charge in [0.2, 0.25) is 0 Å². The maximum Gasteiger partial charge on any atom is 0.354 e. The van der Waals surface area contributed by atoms with Crippen molar-refractivity contribution in [2.24, 2.45) is 0 Å². The van der Waals surface area contributed by atoms with Crippen molar-refractivity contribution < 1.29 is 24.2 Å². The van der Waals surface area contributed by atoms with E-state index in [1.807, 2.05) is 24.3 Å². The minimum Gasteiger partial charge on any atom is -0.507 e. The van der Waals surface area contributed by atoms with Crippen LogP contribution in [0.25, 0.3) is 5.76 Å². The van der Waals surface area contributed by atoms with Crippen molar-refractivity contribution in [3.8, 4) is 0 Å². The topological polar surface area (TPSA) is 103 Å². The van der Waals surface area contributed by atoms with E-state index < -0.39 is 23.7 Å². The van der Waals surface area contributed by atoms with Gasteiger partial charge in [0.25, 0.3) is 11.7 Å². The molecule has 200 valence electrons. The lowest BCUT2D eigenvalue weighted by Gasteiger charge is -2.28. The molecule has 1 aromatic carbocycles. The number of likely N-dealkylation sites (N-methyl/N-ethyl adjacent to an activating group) is 1. The first-order valence-corrected chi connectivity index (χ1v) is 12.8. The van der Waals surface area contributed by atoms with Crippen LogP contribution in [0.3, 0.4) is 0 Å². The standard InChI is InChI=1S/C29H39N3O5/c1-9-31(10-2)15-16-32-24(19-11-13-20(14-12-19)29(5,6)7)22(26(34)27(32)35)25(33)21-17(3)23(28(36)37-8)30-18(21)4/h11-14,24,30,33H,9-10,15-16H2,1-8H3/b25-22+/t24-/m0/s1. The number of esters is 1. The predicted octanol–water partition coefficient (Wildman–Crippen LogP) is 4.48. The zero-order chi connectivity index (χ0) is 27.7. The second-order valence-electron chi connectivity index (χ2n) is 10.5. The van der Waals surface area contributed by atoms with Gasteiger partial charge >= 0.3 is 5.97 Å². The van der Waals surface area contributed by atoms with Gasteiger partial charge in [-0.15, -0.1) is 0 Å². The van der Waals surface area contributed by atoms with Crippen LogP contribution in [0.2, 0.25) is 0 Å². The Morgan fingerprint density at radius 3 is 2.22 bits per heavy atom. The first-order chi connectivity index (χ1) is 17.4. The quantitative estimate of drug-likeness (QED) is 0.235. The molecule has 1 atom stereocenters. The highest BCUT2D eigenvalue weighted by atomic mass is 16.5. The van der Waals surface area contributed by atoms with E-state index in [0.717, 1.165) is 24.2 Å². The van der Waals surface area contributed by atoms with Crippen molar-refractivity contribution in [1.82, 2.24) is 14.8 Å². The van der Waals surface area contributed by atoms with Crippen molar-refractivity contribution in [2.45, 2.75) is 59.9 Å². The van der Waals surface area contributed by atoms with Crippen molar-refractivity contribution in [1.29, 1.82) is 0 Å². The number of Topliss-reactive ketones (excluding diaryl/α,β-unsaturated/α-hetero) is 1. The van der Waals surface area contributed by atoms with Crippen LogP contribution >= 0.6 is 0 Å². The van der Waals surface area contributed by atoms with E-state index in [1.54, 1.807) is 18.7 Å². The molecule has 1 amide bonds. The number of aliphatic hydroxyl groups excluding tert-OH is 1. The van der Waals surface area contributed by atoms with Crippen LogP contribution in [-0.2, 0) is 19.7 Å². The van der Waals surface area contributed by atoms with Gasteiger partial charge < -0.3 is 24.6 Å². The van der Waals surface area contributed by atoms with Gasteiger partial charge in [0.15, 0.2) is 0 Å². The molecule has 0 aliphatic carbocycles. The number of aliphatic hydroxyl groups is 1. The summed E-state index contributed by atoms with van der Waals surface area (Å²) in [4.78, 5) is 45.7. The first-order valence-electron chi connectivity index (χ1n) is 12.8. The largest absolute Gasteiger partial charge is 0.507 e. The summed E-state index contributed by atoms with van der Waals surface area (Å²) in [7, 11) is 1.28. The molecular weight excluding hydrogens is 470 g/mol. The Kier molecular flexibility index (Phi) is 8.32. The highest BCUT2D eigenvalue weighted by Crippen LogP contribution is 2.41. The fourth-order valence-electron chi connectivity index (χ4n) is 4.96. The number of ketones is 1. The molecule has 0 bridgehead atoms. The average molecular weight is 510 g/mol. The number of aryl methyl sites for hydroxylation is 1. The Balaban J connectivity index is 2.19.